The fourth-order valence-corrected chi connectivity index (χ4v) is 5.00. The molecular formula is C26H24F3N6O3S-. The molecule has 2 aromatic carbocycles. The summed E-state index contributed by atoms with van der Waals surface area (Å²) in [4.78, 5) is 21.2. The molecule has 39 heavy (non-hydrogen) atoms. The van der Waals surface area contributed by atoms with E-state index < -0.39 is 34.6 Å². The number of halogens is 3. The van der Waals surface area contributed by atoms with Crippen LogP contribution in [0.3, 0.4) is 0 Å². The van der Waals surface area contributed by atoms with E-state index in [1.54, 1.807) is 6.07 Å². The van der Waals surface area contributed by atoms with E-state index in [2.05, 4.69) is 25.3 Å². The Bertz CT molecular complexity index is 1400. The quantitative estimate of drug-likeness (QED) is 0.353. The fraction of sp³-hybridized carbons (Fsp3) is 0.308. The van der Waals surface area contributed by atoms with Crippen LogP contribution in [0.15, 0.2) is 54.7 Å². The summed E-state index contributed by atoms with van der Waals surface area (Å²) in [5.74, 6) is -0.0327. The molecular weight excluding hydrogens is 533 g/mol. The third-order valence-electron chi connectivity index (χ3n) is 6.55. The second-order valence-corrected chi connectivity index (χ2v) is 9.87. The van der Waals surface area contributed by atoms with Crippen LogP contribution in [-0.4, -0.2) is 24.8 Å². The fourth-order valence-electron chi connectivity index (χ4n) is 4.71. The maximum atomic E-state index is 14.0. The summed E-state index contributed by atoms with van der Waals surface area (Å²) in [6.45, 7) is 0.00875. The van der Waals surface area contributed by atoms with Gasteiger partial charge >= 0.3 is 12.2 Å². The number of benzene rings is 2. The van der Waals surface area contributed by atoms with E-state index in [0.717, 1.165) is 25.3 Å². The summed E-state index contributed by atoms with van der Waals surface area (Å²) in [6.07, 6.45) is 0.441. The maximum Gasteiger partial charge on any atom is 0.417 e. The molecule has 1 fully saturated rings. The van der Waals surface area contributed by atoms with Crippen molar-refractivity contribution in [1.82, 2.24) is 20.0 Å². The van der Waals surface area contributed by atoms with Gasteiger partial charge in [-0.25, -0.2) is 19.5 Å². The van der Waals surface area contributed by atoms with Crippen molar-refractivity contribution in [2.45, 2.75) is 50.4 Å². The lowest BCUT2D eigenvalue weighted by atomic mass is 9.79. The molecule has 204 valence electrons. The van der Waals surface area contributed by atoms with Crippen molar-refractivity contribution in [2.75, 3.05) is 5.32 Å². The number of nitrogens with one attached hydrogen (secondary N) is 3. The molecule has 2 amide bonds. The number of anilines is 1. The molecule has 4 rings (SSSR count). The van der Waals surface area contributed by atoms with Gasteiger partial charge < -0.3 is 15.2 Å². The standard InChI is InChI=1S/C26H25F3N6O3S/c27-26(28,29)21-14-19(8-9-20(21)18-6-4-17(5-7-18)16-32-39(37)38)33-24(36)35-25(11-2-1-3-12-25)22-10-13-31-23(15-30)34-22/h4-10,13-14,32H,1-3,11-12,16H2,(H,37,38)(H2,33,35,36)/p-1. The van der Waals surface area contributed by atoms with Gasteiger partial charge in [-0.15, -0.1) is 0 Å². The van der Waals surface area contributed by atoms with Crippen molar-refractivity contribution < 1.29 is 26.7 Å². The highest BCUT2D eigenvalue weighted by atomic mass is 32.2. The molecule has 3 aromatic rings. The Morgan fingerprint density at radius 2 is 1.82 bits per heavy atom. The van der Waals surface area contributed by atoms with E-state index in [-0.39, 0.29) is 29.2 Å². The second kappa shape index (κ2) is 11.9. The first-order chi connectivity index (χ1) is 18.6. The molecule has 0 bridgehead atoms. The van der Waals surface area contributed by atoms with Crippen LogP contribution in [0.25, 0.3) is 11.1 Å². The van der Waals surface area contributed by atoms with Crippen molar-refractivity contribution in [3.8, 4) is 17.2 Å². The van der Waals surface area contributed by atoms with Gasteiger partial charge in [-0.2, -0.15) is 18.4 Å². The van der Waals surface area contributed by atoms with Crippen LogP contribution in [0, 0.1) is 11.3 Å². The summed E-state index contributed by atoms with van der Waals surface area (Å²) in [6, 6.07) is 12.4. The zero-order valence-corrected chi connectivity index (χ0v) is 21.4. The Labute approximate surface area is 225 Å². The van der Waals surface area contributed by atoms with Gasteiger partial charge in [0, 0.05) is 29.7 Å². The van der Waals surface area contributed by atoms with Crippen molar-refractivity contribution in [3.05, 3.63) is 77.4 Å². The third kappa shape index (κ3) is 6.97. The highest BCUT2D eigenvalue weighted by Gasteiger charge is 2.38. The number of aromatic nitrogens is 2. The van der Waals surface area contributed by atoms with Crippen molar-refractivity contribution >= 4 is 23.0 Å². The van der Waals surface area contributed by atoms with Gasteiger partial charge in [0.2, 0.25) is 5.82 Å². The smallest absolute Gasteiger partial charge is 0.417 e. The normalized spacial score (nSPS) is 15.7. The minimum Gasteiger partial charge on any atom is -0.760 e. The zero-order chi connectivity index (χ0) is 28.0. The van der Waals surface area contributed by atoms with Crippen LogP contribution in [0.4, 0.5) is 23.7 Å². The van der Waals surface area contributed by atoms with E-state index in [9.17, 15) is 32.0 Å². The van der Waals surface area contributed by atoms with E-state index in [4.69, 9.17) is 0 Å². The SMILES string of the molecule is N#Cc1nccc(C2(NC(=O)Nc3ccc(-c4ccc(CNS(=O)[O-])cc4)c(C(F)(F)F)c3)CCCCC2)n1. The molecule has 13 heteroatoms. The number of amides is 2. The van der Waals surface area contributed by atoms with Crippen LogP contribution < -0.4 is 15.4 Å². The molecule has 1 heterocycles. The number of carbonyl (C=O) groups excluding carboxylic acids is 1. The van der Waals surface area contributed by atoms with Gasteiger partial charge in [0.25, 0.3) is 0 Å². The monoisotopic (exact) mass is 557 g/mol. The predicted octanol–water partition coefficient (Wildman–Crippen LogP) is 4.90. The van der Waals surface area contributed by atoms with Crippen molar-refractivity contribution in [2.24, 2.45) is 0 Å². The Morgan fingerprint density at radius 1 is 1.10 bits per heavy atom. The molecule has 1 saturated carbocycles. The van der Waals surface area contributed by atoms with E-state index >= 15 is 0 Å². The highest BCUT2D eigenvalue weighted by molar-refractivity contribution is 7.77. The van der Waals surface area contributed by atoms with Gasteiger partial charge in [-0.1, -0.05) is 49.6 Å². The minimum absolute atomic E-state index is 0.00875. The lowest BCUT2D eigenvalue weighted by molar-refractivity contribution is -0.137. The number of hydrogen-bond donors (Lipinski definition) is 3. The summed E-state index contributed by atoms with van der Waals surface area (Å²) >= 11 is -2.46. The first kappa shape index (κ1) is 28.2. The molecule has 0 spiro atoms. The molecule has 0 saturated heterocycles. The number of nitriles is 1. The first-order valence-corrected chi connectivity index (χ1v) is 13.1. The molecule has 9 nitrogen and oxygen atoms in total. The Balaban J connectivity index is 1.57. The molecule has 1 atom stereocenters. The topological polar surface area (TPSA) is 143 Å². The van der Waals surface area contributed by atoms with Crippen molar-refractivity contribution in [1.29, 1.82) is 5.26 Å². The van der Waals surface area contributed by atoms with Crippen LogP contribution in [-0.2, 0) is 29.5 Å². The van der Waals surface area contributed by atoms with Gasteiger partial charge in [-0.05, 0) is 47.7 Å². The Morgan fingerprint density at radius 3 is 2.46 bits per heavy atom. The summed E-state index contributed by atoms with van der Waals surface area (Å²) < 4.78 is 65.6. The summed E-state index contributed by atoms with van der Waals surface area (Å²) in [5.41, 5.74) is -0.608. The van der Waals surface area contributed by atoms with Gasteiger partial charge in [0.1, 0.15) is 6.07 Å². The van der Waals surface area contributed by atoms with Crippen LogP contribution in [0.5, 0.6) is 0 Å². The maximum absolute atomic E-state index is 14.0. The molecule has 1 aromatic heterocycles. The lowest BCUT2D eigenvalue weighted by Gasteiger charge is -2.37. The zero-order valence-electron chi connectivity index (χ0n) is 20.5. The number of alkyl halides is 3. The average Bonchev–Trinajstić information content (AvgIpc) is 2.92. The molecule has 3 N–H and O–H groups in total. The summed E-state index contributed by atoms with van der Waals surface area (Å²) in [5, 5.41) is 14.6. The average molecular weight is 558 g/mol. The van der Waals surface area contributed by atoms with Gasteiger partial charge in [0.05, 0.1) is 16.8 Å². The van der Waals surface area contributed by atoms with Crippen LogP contribution in [0.1, 0.15) is 54.7 Å². The number of nitrogens with zero attached hydrogens (tertiary/aromatic N) is 3. The van der Waals surface area contributed by atoms with Crippen LogP contribution in [0.2, 0.25) is 0 Å². The van der Waals surface area contributed by atoms with E-state index in [1.807, 2.05) is 6.07 Å². The second-order valence-electron chi connectivity index (χ2n) is 9.11. The number of carbonyl (C=O) groups is 1. The molecule has 1 aliphatic rings. The number of rotatable bonds is 7. The van der Waals surface area contributed by atoms with E-state index in [1.165, 1.54) is 42.6 Å². The van der Waals surface area contributed by atoms with Crippen LogP contribution >= 0.6 is 0 Å². The number of hydrogen-bond acceptors (Lipinski definition) is 6. The molecule has 0 radical (unpaired) electrons. The van der Waals surface area contributed by atoms with Gasteiger partial charge in [-0.3, -0.25) is 4.21 Å². The molecule has 0 aliphatic heterocycles. The minimum atomic E-state index is -4.71. The van der Waals surface area contributed by atoms with Crippen molar-refractivity contribution in [3.63, 3.8) is 0 Å². The largest absolute Gasteiger partial charge is 0.760 e. The molecule has 1 aliphatic carbocycles. The lowest BCUT2D eigenvalue weighted by Crippen LogP contribution is -2.49. The predicted molar refractivity (Wildman–Crippen MR) is 136 cm³/mol. The van der Waals surface area contributed by atoms with Gasteiger partial charge in [0.15, 0.2) is 0 Å². The first-order valence-electron chi connectivity index (χ1n) is 12.1. The molecule has 1 unspecified atom stereocenters. The Hall–Kier alpha value is -3.86. The Kier molecular flexibility index (Phi) is 8.59. The number of urea groups is 1. The van der Waals surface area contributed by atoms with E-state index in [0.29, 0.717) is 24.1 Å². The summed E-state index contributed by atoms with van der Waals surface area (Å²) in [7, 11) is 0. The third-order valence-corrected chi connectivity index (χ3v) is 6.93. The highest BCUT2D eigenvalue weighted by Crippen LogP contribution is 2.39.